The van der Waals surface area contributed by atoms with Gasteiger partial charge >= 0.3 is 0 Å². The summed E-state index contributed by atoms with van der Waals surface area (Å²) in [5.41, 5.74) is 6.54. The Morgan fingerprint density at radius 1 is 1.14 bits per heavy atom. The average molecular weight is 377 g/mol. The van der Waals surface area contributed by atoms with E-state index >= 15 is 0 Å². The van der Waals surface area contributed by atoms with Crippen molar-refractivity contribution < 1.29 is 4.40 Å². The van der Waals surface area contributed by atoms with E-state index in [1.54, 1.807) is 0 Å². The molecular formula is C23H30N5+. The SMILES string of the molecule is CCN(CC)CCCNc1c2c(c(C#N)c3[nH]c4ccccc4[n+]13)CCCC2. The molecule has 1 aliphatic carbocycles. The summed E-state index contributed by atoms with van der Waals surface area (Å²) in [6.07, 6.45) is 5.52. The van der Waals surface area contributed by atoms with Gasteiger partial charge in [-0.2, -0.15) is 9.66 Å². The van der Waals surface area contributed by atoms with E-state index in [9.17, 15) is 5.26 Å². The molecule has 0 saturated heterocycles. The Balaban J connectivity index is 1.78. The molecule has 0 aliphatic heterocycles. The third-order valence-electron chi connectivity index (χ3n) is 6.09. The number of rotatable bonds is 7. The van der Waals surface area contributed by atoms with Gasteiger partial charge in [-0.25, -0.2) is 0 Å². The number of hydrogen-bond acceptors (Lipinski definition) is 3. The van der Waals surface area contributed by atoms with E-state index in [0.717, 1.165) is 67.7 Å². The molecule has 0 fully saturated rings. The number of aromatic amines is 1. The number of fused-ring (bicyclic) bond motifs is 4. The van der Waals surface area contributed by atoms with Crippen LogP contribution in [0.15, 0.2) is 24.3 Å². The Hall–Kier alpha value is -2.58. The van der Waals surface area contributed by atoms with Crippen molar-refractivity contribution in [1.29, 1.82) is 5.26 Å². The maximum absolute atomic E-state index is 9.93. The van der Waals surface area contributed by atoms with Crippen molar-refractivity contribution >= 4 is 22.5 Å². The molecule has 1 aliphatic rings. The van der Waals surface area contributed by atoms with Gasteiger partial charge < -0.3 is 10.2 Å². The fourth-order valence-electron chi connectivity index (χ4n) is 4.56. The highest BCUT2D eigenvalue weighted by Crippen LogP contribution is 2.31. The summed E-state index contributed by atoms with van der Waals surface area (Å²) in [7, 11) is 0. The number of imidazole rings is 1. The number of nitrogens with one attached hydrogen (secondary N) is 2. The van der Waals surface area contributed by atoms with Crippen LogP contribution in [0.5, 0.6) is 0 Å². The zero-order chi connectivity index (χ0) is 19.5. The maximum atomic E-state index is 9.93. The quantitative estimate of drug-likeness (QED) is 0.487. The highest BCUT2D eigenvalue weighted by Gasteiger charge is 2.28. The lowest BCUT2D eigenvalue weighted by Gasteiger charge is -2.20. The molecule has 2 heterocycles. The molecule has 1 aromatic carbocycles. The third-order valence-corrected chi connectivity index (χ3v) is 6.09. The van der Waals surface area contributed by atoms with E-state index < -0.39 is 0 Å². The molecule has 5 nitrogen and oxygen atoms in total. The van der Waals surface area contributed by atoms with Gasteiger partial charge in [-0.15, -0.1) is 0 Å². The predicted octanol–water partition coefficient (Wildman–Crippen LogP) is 3.80. The largest absolute Gasteiger partial charge is 0.305 e. The van der Waals surface area contributed by atoms with Crippen LogP contribution >= 0.6 is 0 Å². The van der Waals surface area contributed by atoms with Gasteiger partial charge in [0.1, 0.15) is 22.7 Å². The molecular weight excluding hydrogens is 346 g/mol. The number of para-hydroxylation sites is 2. The number of benzene rings is 1. The van der Waals surface area contributed by atoms with Crippen molar-refractivity contribution in [2.24, 2.45) is 0 Å². The molecule has 3 aromatic rings. The smallest absolute Gasteiger partial charge is 0.250 e. The van der Waals surface area contributed by atoms with Gasteiger partial charge in [-0.3, -0.25) is 4.98 Å². The highest BCUT2D eigenvalue weighted by molar-refractivity contribution is 5.78. The van der Waals surface area contributed by atoms with Gasteiger partial charge in [-0.05, 0) is 62.9 Å². The fraction of sp³-hybridized carbons (Fsp3) is 0.478. The van der Waals surface area contributed by atoms with E-state index in [0.29, 0.717) is 0 Å². The molecule has 0 atom stereocenters. The van der Waals surface area contributed by atoms with Crippen LogP contribution in [0.3, 0.4) is 0 Å². The van der Waals surface area contributed by atoms with E-state index in [-0.39, 0.29) is 0 Å². The lowest BCUT2D eigenvalue weighted by atomic mass is 9.89. The number of hydrogen-bond donors (Lipinski definition) is 2. The lowest BCUT2D eigenvalue weighted by molar-refractivity contribution is -0.465. The van der Waals surface area contributed by atoms with Crippen molar-refractivity contribution in [3.05, 3.63) is 41.0 Å². The summed E-state index contributed by atoms with van der Waals surface area (Å²) in [4.78, 5) is 5.97. The maximum Gasteiger partial charge on any atom is 0.250 e. The fourth-order valence-corrected chi connectivity index (χ4v) is 4.56. The summed E-state index contributed by atoms with van der Waals surface area (Å²) in [5.74, 6) is 1.18. The van der Waals surface area contributed by atoms with Crippen LogP contribution in [0, 0.1) is 11.3 Å². The van der Waals surface area contributed by atoms with Crippen molar-refractivity contribution in [3.63, 3.8) is 0 Å². The summed E-state index contributed by atoms with van der Waals surface area (Å²) in [6.45, 7) is 8.70. The molecule has 0 saturated carbocycles. The zero-order valence-corrected chi connectivity index (χ0v) is 17.0. The number of pyridine rings is 1. The Kier molecular flexibility index (Phi) is 5.50. The van der Waals surface area contributed by atoms with Gasteiger partial charge in [0.2, 0.25) is 11.5 Å². The van der Waals surface area contributed by atoms with Gasteiger partial charge in [0, 0.05) is 12.1 Å². The molecule has 0 unspecified atom stereocenters. The normalized spacial score (nSPS) is 13.8. The van der Waals surface area contributed by atoms with E-state index in [1.165, 1.54) is 29.8 Å². The predicted molar refractivity (Wildman–Crippen MR) is 114 cm³/mol. The van der Waals surface area contributed by atoms with Crippen LogP contribution in [0.25, 0.3) is 16.7 Å². The standard InChI is InChI=1S/C23H29N5/c1-3-27(4-2)15-9-14-25-22-18-11-6-5-10-17(18)19(16-24)23-26-20-12-7-8-13-21(20)28(22)23/h7-8,12-13H,3-6,9-11,14-15H2,1-2H3,(H,25,26)/p+1. The summed E-state index contributed by atoms with van der Waals surface area (Å²) < 4.78 is 2.25. The van der Waals surface area contributed by atoms with Crippen LogP contribution in [0.1, 0.15) is 49.8 Å². The molecule has 2 N–H and O–H groups in total. The first-order valence-electron chi connectivity index (χ1n) is 10.6. The molecule has 0 bridgehead atoms. The molecule has 146 valence electrons. The number of H-pyrrole nitrogens is 1. The van der Waals surface area contributed by atoms with Crippen LogP contribution in [-0.2, 0) is 12.8 Å². The van der Waals surface area contributed by atoms with E-state index in [2.05, 4.69) is 57.7 Å². The van der Waals surface area contributed by atoms with Crippen molar-refractivity contribution in [2.75, 3.05) is 31.5 Å². The Morgan fingerprint density at radius 3 is 2.64 bits per heavy atom. The second-order valence-corrected chi connectivity index (χ2v) is 7.63. The third kappa shape index (κ3) is 3.22. The van der Waals surface area contributed by atoms with Crippen LogP contribution in [0.2, 0.25) is 0 Å². The lowest BCUT2D eigenvalue weighted by Crippen LogP contribution is -2.32. The molecule has 0 amide bonds. The summed E-state index contributed by atoms with van der Waals surface area (Å²) >= 11 is 0. The van der Waals surface area contributed by atoms with Crippen LogP contribution in [-0.4, -0.2) is 36.1 Å². The average Bonchev–Trinajstić information content (AvgIpc) is 3.12. The van der Waals surface area contributed by atoms with Gasteiger partial charge in [0.05, 0.1) is 6.54 Å². The minimum Gasteiger partial charge on any atom is -0.305 e. The molecule has 2 aromatic heterocycles. The number of nitriles is 1. The van der Waals surface area contributed by atoms with E-state index in [4.69, 9.17) is 0 Å². The van der Waals surface area contributed by atoms with E-state index in [1.807, 2.05) is 6.07 Å². The first-order valence-corrected chi connectivity index (χ1v) is 10.6. The molecule has 0 radical (unpaired) electrons. The molecule has 4 rings (SSSR count). The number of anilines is 1. The first-order chi connectivity index (χ1) is 13.8. The Morgan fingerprint density at radius 2 is 1.89 bits per heavy atom. The second kappa shape index (κ2) is 8.20. The first kappa shape index (κ1) is 18.8. The number of nitrogens with zero attached hydrogens (tertiary/aromatic N) is 3. The van der Waals surface area contributed by atoms with Crippen molar-refractivity contribution in [2.45, 2.75) is 46.0 Å². The minimum absolute atomic E-state index is 0.819. The zero-order valence-electron chi connectivity index (χ0n) is 17.0. The van der Waals surface area contributed by atoms with Crippen LogP contribution < -0.4 is 9.72 Å². The summed E-state index contributed by atoms with van der Waals surface area (Å²) in [6, 6.07) is 10.8. The topological polar surface area (TPSA) is 59.0 Å². The number of aromatic nitrogens is 2. The van der Waals surface area contributed by atoms with Crippen molar-refractivity contribution in [3.8, 4) is 6.07 Å². The van der Waals surface area contributed by atoms with Crippen LogP contribution in [0.4, 0.5) is 5.82 Å². The minimum atomic E-state index is 0.819. The molecule has 0 spiro atoms. The van der Waals surface area contributed by atoms with Crippen molar-refractivity contribution in [1.82, 2.24) is 9.88 Å². The Bertz CT molecular complexity index is 1020. The van der Waals surface area contributed by atoms with Gasteiger partial charge in [-0.1, -0.05) is 26.0 Å². The summed E-state index contributed by atoms with van der Waals surface area (Å²) in [5, 5.41) is 13.7. The molecule has 5 heteroatoms. The van der Waals surface area contributed by atoms with Gasteiger partial charge in [0.25, 0.3) is 0 Å². The van der Waals surface area contributed by atoms with Gasteiger partial charge in [0.15, 0.2) is 0 Å². The Labute approximate surface area is 167 Å². The monoisotopic (exact) mass is 376 g/mol. The highest BCUT2D eigenvalue weighted by atomic mass is 15.1. The molecule has 28 heavy (non-hydrogen) atoms. The second-order valence-electron chi connectivity index (χ2n) is 7.63.